The predicted molar refractivity (Wildman–Crippen MR) is 97.2 cm³/mol. The van der Waals surface area contributed by atoms with Crippen molar-refractivity contribution in [3.05, 3.63) is 39.2 Å². The minimum Gasteiger partial charge on any atom is -0.507 e. The molecule has 0 saturated carbocycles. The summed E-state index contributed by atoms with van der Waals surface area (Å²) in [6.07, 6.45) is -0.125. The first-order valence-corrected chi connectivity index (χ1v) is 9.30. The van der Waals surface area contributed by atoms with Gasteiger partial charge in [-0.15, -0.1) is 0 Å². The molecule has 0 amide bonds. The Morgan fingerprint density at radius 1 is 1.32 bits per heavy atom. The van der Waals surface area contributed by atoms with Crippen molar-refractivity contribution in [2.45, 2.75) is 19.9 Å². The zero-order valence-corrected chi connectivity index (χ0v) is 15.1. The van der Waals surface area contributed by atoms with Crippen molar-refractivity contribution in [2.24, 2.45) is 0 Å². The largest absolute Gasteiger partial charge is 0.507 e. The molecular weight excluding hydrogens is 342 g/mol. The van der Waals surface area contributed by atoms with E-state index in [0.29, 0.717) is 28.8 Å². The maximum atomic E-state index is 12.4. The highest BCUT2D eigenvalue weighted by Gasteiger charge is 2.20. The van der Waals surface area contributed by atoms with Gasteiger partial charge in [-0.25, -0.2) is 4.79 Å². The van der Waals surface area contributed by atoms with Gasteiger partial charge >= 0.3 is 11.6 Å². The second-order valence-corrected chi connectivity index (χ2v) is 7.30. The first-order valence-electron chi connectivity index (χ1n) is 8.15. The number of ether oxygens (including phenoxy) is 1. The summed E-state index contributed by atoms with van der Waals surface area (Å²) in [7, 11) is 1.29. The van der Waals surface area contributed by atoms with Crippen LogP contribution in [0.4, 0.5) is 0 Å². The van der Waals surface area contributed by atoms with Crippen LogP contribution < -0.4 is 5.63 Å². The highest BCUT2D eigenvalue weighted by Crippen LogP contribution is 2.31. The number of hydrogen-bond acceptors (Lipinski definition) is 7. The molecule has 1 aromatic carbocycles. The minimum absolute atomic E-state index is 0.119. The summed E-state index contributed by atoms with van der Waals surface area (Å²) >= 11 is 1.91. The Morgan fingerprint density at radius 3 is 2.72 bits per heavy atom. The van der Waals surface area contributed by atoms with E-state index in [9.17, 15) is 14.7 Å². The molecule has 0 radical (unpaired) electrons. The molecule has 7 heteroatoms. The Kier molecular flexibility index (Phi) is 5.34. The smallest absolute Gasteiger partial charge is 0.340 e. The molecule has 0 aliphatic carbocycles. The summed E-state index contributed by atoms with van der Waals surface area (Å²) < 4.78 is 10.2. The molecule has 1 aromatic heterocycles. The van der Waals surface area contributed by atoms with E-state index in [1.807, 2.05) is 11.8 Å². The van der Waals surface area contributed by atoms with Crippen LogP contribution in [0.1, 0.15) is 16.7 Å². The molecule has 0 spiro atoms. The average Bonchev–Trinajstić information content (AvgIpc) is 2.62. The van der Waals surface area contributed by atoms with Gasteiger partial charge in [-0.05, 0) is 24.6 Å². The molecule has 2 aromatic rings. The Hall–Kier alpha value is -1.99. The molecule has 6 nitrogen and oxygen atoms in total. The van der Waals surface area contributed by atoms with Crippen molar-refractivity contribution in [1.82, 2.24) is 4.90 Å². The summed E-state index contributed by atoms with van der Waals surface area (Å²) in [5.74, 6) is 1.74. The van der Waals surface area contributed by atoms with Crippen LogP contribution in [0.2, 0.25) is 0 Å². The molecule has 134 valence electrons. The molecule has 2 heterocycles. The first kappa shape index (κ1) is 17.8. The molecule has 1 aliphatic rings. The summed E-state index contributed by atoms with van der Waals surface area (Å²) in [6.45, 7) is 4.19. The van der Waals surface area contributed by atoms with Crippen molar-refractivity contribution in [2.75, 3.05) is 31.7 Å². The van der Waals surface area contributed by atoms with Crippen LogP contribution in [0.5, 0.6) is 5.75 Å². The summed E-state index contributed by atoms with van der Waals surface area (Å²) in [4.78, 5) is 26.2. The lowest BCUT2D eigenvalue weighted by molar-refractivity contribution is -0.139. The van der Waals surface area contributed by atoms with Crippen LogP contribution in [0, 0.1) is 6.92 Å². The van der Waals surface area contributed by atoms with E-state index < -0.39 is 11.6 Å². The van der Waals surface area contributed by atoms with Gasteiger partial charge in [0.1, 0.15) is 11.3 Å². The number of carbonyl (C=O) groups is 1. The molecular formula is C18H21NO5S. The molecule has 1 aliphatic heterocycles. The zero-order chi connectivity index (χ0) is 18.0. The van der Waals surface area contributed by atoms with Gasteiger partial charge in [0.2, 0.25) is 0 Å². The van der Waals surface area contributed by atoms with Gasteiger partial charge in [0, 0.05) is 36.5 Å². The number of nitrogens with zero attached hydrogens (tertiary/aromatic N) is 1. The van der Waals surface area contributed by atoms with E-state index in [-0.39, 0.29) is 12.2 Å². The number of aryl methyl sites for hydroxylation is 1. The van der Waals surface area contributed by atoms with Crippen molar-refractivity contribution >= 4 is 28.7 Å². The Morgan fingerprint density at radius 2 is 2.04 bits per heavy atom. The maximum Gasteiger partial charge on any atom is 0.340 e. The fourth-order valence-electron chi connectivity index (χ4n) is 3.06. The van der Waals surface area contributed by atoms with Gasteiger partial charge < -0.3 is 14.3 Å². The third-order valence-corrected chi connectivity index (χ3v) is 5.51. The van der Waals surface area contributed by atoms with Gasteiger partial charge in [0.05, 0.1) is 24.7 Å². The Bertz CT molecular complexity index is 855. The standard InChI is InChI=1S/C18H21NO5S/c1-11-12-3-4-15(20)14(10-19-5-7-25-8-6-19)17(12)24-18(22)13(11)9-16(21)23-2/h3-4,20H,5-10H2,1-2H3. The lowest BCUT2D eigenvalue weighted by Crippen LogP contribution is -2.32. The van der Waals surface area contributed by atoms with E-state index in [2.05, 4.69) is 9.64 Å². The highest BCUT2D eigenvalue weighted by molar-refractivity contribution is 7.99. The van der Waals surface area contributed by atoms with Crippen LogP contribution in [-0.2, 0) is 22.5 Å². The number of rotatable bonds is 4. The Labute approximate surface area is 149 Å². The number of methoxy groups -OCH3 is 1. The number of fused-ring (bicyclic) bond motifs is 1. The van der Waals surface area contributed by atoms with Gasteiger partial charge in [0.25, 0.3) is 0 Å². The fraction of sp³-hybridized carbons (Fsp3) is 0.444. The number of hydrogen-bond donors (Lipinski definition) is 1. The quantitative estimate of drug-likeness (QED) is 0.658. The van der Waals surface area contributed by atoms with Crippen LogP contribution >= 0.6 is 11.8 Å². The van der Waals surface area contributed by atoms with Crippen LogP contribution in [-0.4, -0.2) is 47.7 Å². The SMILES string of the molecule is COC(=O)Cc1c(C)c2ccc(O)c(CN3CCSCC3)c2oc1=O. The van der Waals surface area contributed by atoms with E-state index >= 15 is 0 Å². The minimum atomic E-state index is -0.559. The number of thioether (sulfide) groups is 1. The third kappa shape index (κ3) is 3.67. The molecule has 1 saturated heterocycles. The number of phenolic OH excluding ortho intramolecular Hbond substituents is 1. The van der Waals surface area contributed by atoms with Crippen LogP contribution in [0.25, 0.3) is 11.0 Å². The molecule has 3 rings (SSSR count). The predicted octanol–water partition coefficient (Wildman–Crippen LogP) is 2.07. The lowest BCUT2D eigenvalue weighted by atomic mass is 10.0. The topological polar surface area (TPSA) is 80.0 Å². The van der Waals surface area contributed by atoms with Crippen molar-refractivity contribution in [1.29, 1.82) is 0 Å². The molecule has 0 bridgehead atoms. The van der Waals surface area contributed by atoms with Crippen molar-refractivity contribution < 1.29 is 19.1 Å². The molecule has 1 N–H and O–H groups in total. The second-order valence-electron chi connectivity index (χ2n) is 6.07. The zero-order valence-electron chi connectivity index (χ0n) is 14.3. The number of esters is 1. The third-order valence-electron chi connectivity index (χ3n) is 4.57. The molecule has 25 heavy (non-hydrogen) atoms. The monoisotopic (exact) mass is 363 g/mol. The highest BCUT2D eigenvalue weighted by atomic mass is 32.2. The van der Waals surface area contributed by atoms with E-state index in [1.165, 1.54) is 7.11 Å². The molecule has 1 fully saturated rings. The van der Waals surface area contributed by atoms with Crippen molar-refractivity contribution in [3.8, 4) is 5.75 Å². The number of benzene rings is 1. The van der Waals surface area contributed by atoms with Gasteiger partial charge in [0.15, 0.2) is 0 Å². The Balaban J connectivity index is 2.07. The number of aromatic hydroxyl groups is 1. The molecule has 0 atom stereocenters. The van der Waals surface area contributed by atoms with Crippen LogP contribution in [0.3, 0.4) is 0 Å². The maximum absolute atomic E-state index is 12.4. The van der Waals surface area contributed by atoms with Gasteiger partial charge in [-0.1, -0.05) is 0 Å². The van der Waals surface area contributed by atoms with Crippen LogP contribution in [0.15, 0.2) is 21.3 Å². The number of carbonyl (C=O) groups excluding carboxylic acids is 1. The van der Waals surface area contributed by atoms with Gasteiger partial charge in [-0.2, -0.15) is 11.8 Å². The van der Waals surface area contributed by atoms with E-state index in [1.54, 1.807) is 19.1 Å². The fourth-order valence-corrected chi connectivity index (χ4v) is 4.03. The summed E-state index contributed by atoms with van der Waals surface area (Å²) in [6, 6.07) is 3.34. The van der Waals surface area contributed by atoms with Gasteiger partial charge in [-0.3, -0.25) is 9.69 Å². The number of phenols is 1. The van der Waals surface area contributed by atoms with Crippen molar-refractivity contribution in [3.63, 3.8) is 0 Å². The molecule has 0 unspecified atom stereocenters. The first-order chi connectivity index (χ1) is 12.0. The van der Waals surface area contributed by atoms with E-state index in [4.69, 9.17) is 4.42 Å². The normalized spacial score (nSPS) is 15.4. The van der Waals surface area contributed by atoms with E-state index in [0.717, 1.165) is 30.0 Å². The second kappa shape index (κ2) is 7.49. The lowest BCUT2D eigenvalue weighted by Gasteiger charge is -2.26. The summed E-state index contributed by atoms with van der Waals surface area (Å²) in [5.41, 5.74) is 1.44. The summed E-state index contributed by atoms with van der Waals surface area (Å²) in [5, 5.41) is 11.0. The average molecular weight is 363 g/mol.